The van der Waals surface area contributed by atoms with Crippen LogP contribution in [0.5, 0.6) is 28.7 Å². The molecule has 2 N–H and O–H groups in total. The third-order valence-electron chi connectivity index (χ3n) is 13.2. The number of hydrogen-bond acceptors (Lipinski definition) is 10. The van der Waals surface area contributed by atoms with Crippen molar-refractivity contribution in [1.29, 1.82) is 0 Å². The van der Waals surface area contributed by atoms with Gasteiger partial charge >= 0.3 is 0 Å². The number of imide groups is 2. The van der Waals surface area contributed by atoms with Crippen LogP contribution in [0.4, 0.5) is 11.4 Å². The van der Waals surface area contributed by atoms with Gasteiger partial charge in [0.25, 0.3) is 11.8 Å². The highest BCUT2D eigenvalue weighted by Gasteiger charge is 2.70. The highest BCUT2D eigenvalue weighted by Crippen LogP contribution is 2.65. The minimum atomic E-state index is -1.65. The third kappa shape index (κ3) is 6.83. The van der Waals surface area contributed by atoms with Crippen molar-refractivity contribution in [3.05, 3.63) is 147 Å². The normalized spacial score (nSPS) is 23.7. The predicted octanol–water partition coefficient (Wildman–Crippen LogP) is 9.09. The van der Waals surface area contributed by atoms with Crippen LogP contribution in [-0.2, 0) is 24.6 Å². The van der Waals surface area contributed by atoms with Gasteiger partial charge in [-0.05, 0) is 96.6 Å². The van der Waals surface area contributed by atoms with E-state index in [1.807, 2.05) is 48.6 Å². The Balaban J connectivity index is 1.13. The van der Waals surface area contributed by atoms with E-state index in [-0.39, 0.29) is 35.2 Å². The lowest BCUT2D eigenvalue weighted by Gasteiger charge is -2.50. The molecule has 0 spiro atoms. The maximum Gasteiger partial charge on any atom is 0.260 e. The minimum Gasteiger partial charge on any atom is -0.508 e. The molecule has 0 aromatic heterocycles. The molecule has 4 aliphatic rings. The molecule has 0 bridgehead atoms. The minimum absolute atomic E-state index is 0.0495. The molecule has 0 unspecified atom stereocenters. The lowest BCUT2D eigenvalue weighted by Crippen LogP contribution is -2.53. The second kappa shape index (κ2) is 16.7. The number of amides is 4. The maximum absolute atomic E-state index is 15.6. The van der Waals surface area contributed by atoms with Crippen molar-refractivity contribution >= 4 is 70.4 Å². The standard InChI is InChI=1S/C50H43Cl2N3O9/c1-61-32-14-9-29(10-15-32)50-39(47(58)55(49(50)60)53-41-21-11-30(51)24-40(41)52)26-38-35(45(50)36-18-16-34(63-3)25-42(36)56)19-20-37-44(38)48(59)54(46(37)57)31-12-6-27(7-13-31)5-8-28-23-33(62-2)17-22-43(28)64-4/h5-19,21-25,37-39,44-45,53,56H,20,26H2,1-4H3/t37-,38+,39-,44-,45+,50+/m0/s1. The van der Waals surface area contributed by atoms with Crippen LogP contribution in [0.3, 0.4) is 0 Å². The molecule has 4 amide bonds. The molecule has 64 heavy (non-hydrogen) atoms. The highest BCUT2D eigenvalue weighted by molar-refractivity contribution is 6.36. The van der Waals surface area contributed by atoms with Crippen molar-refractivity contribution < 1.29 is 43.2 Å². The lowest BCUT2D eigenvalue weighted by molar-refractivity contribution is -0.138. The largest absolute Gasteiger partial charge is 0.508 e. The number of nitrogens with one attached hydrogen (secondary N) is 1. The number of nitrogens with zero attached hydrogens (tertiary/aromatic N) is 2. The van der Waals surface area contributed by atoms with Gasteiger partial charge in [-0.2, -0.15) is 5.01 Å². The molecule has 2 saturated heterocycles. The zero-order chi connectivity index (χ0) is 45.0. The topological polar surface area (TPSA) is 144 Å². The van der Waals surface area contributed by atoms with Crippen LogP contribution >= 0.6 is 23.2 Å². The summed E-state index contributed by atoms with van der Waals surface area (Å²) in [6.45, 7) is 0. The van der Waals surface area contributed by atoms with Gasteiger partial charge in [0.1, 0.15) is 28.7 Å². The van der Waals surface area contributed by atoms with Crippen LogP contribution in [0.15, 0.2) is 115 Å². The number of hydrogen-bond donors (Lipinski definition) is 2. The molecule has 2 aliphatic heterocycles. The fourth-order valence-electron chi connectivity index (χ4n) is 10.2. The number of carbonyl (C=O) groups excluding carboxylic acids is 4. The van der Waals surface area contributed by atoms with E-state index in [0.29, 0.717) is 50.4 Å². The molecule has 0 radical (unpaired) electrons. The summed E-state index contributed by atoms with van der Waals surface area (Å²) in [6, 6.07) is 29.1. The number of methoxy groups -OCH3 is 4. The number of aromatic hydroxyl groups is 1. The number of ether oxygens (including phenoxy) is 4. The first kappa shape index (κ1) is 42.5. The summed E-state index contributed by atoms with van der Waals surface area (Å²) >= 11 is 12.8. The average molecular weight is 901 g/mol. The smallest absolute Gasteiger partial charge is 0.260 e. The Bertz CT molecular complexity index is 2770. The second-order valence-electron chi connectivity index (χ2n) is 16.2. The van der Waals surface area contributed by atoms with E-state index < -0.39 is 52.7 Å². The molecule has 14 heteroatoms. The fraction of sp³-hybridized carbons (Fsp3) is 0.240. The zero-order valence-electron chi connectivity index (χ0n) is 35.2. The SMILES string of the molecule is COc1ccc([C@@]23C(=O)N(Nc4ccc(Cl)cc4Cl)C(=O)[C@@H]2C[C@@H]2C(=CC[C@@H]4C(=O)N(c5ccc(C=Cc6cc(OC)ccc6OC)cc5)C(=O)[C@@H]42)[C@@H]3c2ccc(OC)cc2O)cc1. The van der Waals surface area contributed by atoms with Gasteiger partial charge in [-0.1, -0.05) is 77.3 Å². The molecular weight excluding hydrogens is 857 g/mol. The molecule has 6 atom stereocenters. The van der Waals surface area contributed by atoms with E-state index in [4.69, 9.17) is 42.1 Å². The number of halogens is 2. The number of phenols is 1. The van der Waals surface area contributed by atoms with E-state index in [2.05, 4.69) is 5.43 Å². The summed E-state index contributed by atoms with van der Waals surface area (Å²) in [5.41, 5.74) is 5.18. The Hall–Kier alpha value is -6.76. The van der Waals surface area contributed by atoms with Crippen LogP contribution in [0, 0.1) is 23.7 Å². The van der Waals surface area contributed by atoms with Gasteiger partial charge in [-0.3, -0.25) is 29.5 Å². The Kier molecular flexibility index (Phi) is 11.1. The highest BCUT2D eigenvalue weighted by atomic mass is 35.5. The molecule has 1 saturated carbocycles. The number of carbonyl (C=O) groups is 4. The third-order valence-corrected chi connectivity index (χ3v) is 13.7. The molecule has 5 aromatic carbocycles. The van der Waals surface area contributed by atoms with Crippen molar-refractivity contribution in [2.75, 3.05) is 38.8 Å². The Morgan fingerprint density at radius 1 is 0.719 bits per heavy atom. The molecular formula is C50H43Cl2N3O9. The van der Waals surface area contributed by atoms with Crippen molar-refractivity contribution in [3.63, 3.8) is 0 Å². The lowest BCUT2D eigenvalue weighted by atomic mass is 9.49. The summed E-state index contributed by atoms with van der Waals surface area (Å²) in [7, 11) is 6.20. The van der Waals surface area contributed by atoms with Crippen LogP contribution < -0.4 is 29.3 Å². The van der Waals surface area contributed by atoms with E-state index in [0.717, 1.165) is 16.1 Å². The predicted molar refractivity (Wildman–Crippen MR) is 243 cm³/mol. The van der Waals surface area contributed by atoms with Crippen LogP contribution in [0.25, 0.3) is 12.2 Å². The van der Waals surface area contributed by atoms with Gasteiger partial charge in [0.05, 0.1) is 68.0 Å². The average Bonchev–Trinajstić information content (AvgIpc) is 3.69. The maximum atomic E-state index is 15.6. The van der Waals surface area contributed by atoms with Crippen molar-refractivity contribution in [2.45, 2.75) is 24.2 Å². The van der Waals surface area contributed by atoms with Gasteiger partial charge in [0, 0.05) is 28.1 Å². The second-order valence-corrected chi connectivity index (χ2v) is 17.0. The number of hydrazine groups is 1. The molecule has 2 heterocycles. The molecule has 12 nitrogen and oxygen atoms in total. The van der Waals surface area contributed by atoms with Crippen molar-refractivity contribution in [2.24, 2.45) is 23.7 Å². The van der Waals surface area contributed by atoms with E-state index in [1.54, 1.807) is 74.9 Å². The van der Waals surface area contributed by atoms with Gasteiger partial charge in [-0.25, -0.2) is 0 Å². The number of benzene rings is 5. The van der Waals surface area contributed by atoms with E-state index in [1.165, 1.54) is 31.3 Å². The van der Waals surface area contributed by atoms with Gasteiger partial charge in [0.2, 0.25) is 11.8 Å². The van der Waals surface area contributed by atoms with Crippen molar-refractivity contribution in [3.8, 4) is 28.7 Å². The molecule has 2 aliphatic carbocycles. The number of rotatable bonds is 11. The first-order valence-electron chi connectivity index (χ1n) is 20.6. The monoisotopic (exact) mass is 899 g/mol. The van der Waals surface area contributed by atoms with Crippen LogP contribution in [-0.4, -0.2) is 62.2 Å². The first-order chi connectivity index (χ1) is 30.9. The molecule has 9 rings (SSSR count). The Morgan fingerprint density at radius 3 is 2.08 bits per heavy atom. The molecule has 3 fully saturated rings. The summed E-state index contributed by atoms with van der Waals surface area (Å²) < 4.78 is 21.9. The van der Waals surface area contributed by atoms with E-state index in [9.17, 15) is 14.7 Å². The summed E-state index contributed by atoms with van der Waals surface area (Å²) in [5.74, 6) is -4.11. The van der Waals surface area contributed by atoms with Gasteiger partial charge in [0.15, 0.2) is 0 Å². The Morgan fingerprint density at radius 2 is 1.41 bits per heavy atom. The summed E-state index contributed by atoms with van der Waals surface area (Å²) in [4.78, 5) is 61.3. The molecule has 5 aromatic rings. The number of allylic oxidation sites excluding steroid dienone is 2. The number of phenolic OH excluding ortho intramolecular Hbond substituents is 1. The quantitative estimate of drug-likeness (QED) is 0.0749. The number of fused-ring (bicyclic) bond motifs is 4. The van der Waals surface area contributed by atoms with Gasteiger partial charge < -0.3 is 24.1 Å². The zero-order valence-corrected chi connectivity index (χ0v) is 36.7. The van der Waals surface area contributed by atoms with Crippen molar-refractivity contribution in [1.82, 2.24) is 5.01 Å². The number of anilines is 2. The fourth-order valence-corrected chi connectivity index (χ4v) is 10.7. The summed E-state index contributed by atoms with van der Waals surface area (Å²) in [5, 5.41) is 13.4. The first-order valence-corrected chi connectivity index (χ1v) is 21.4. The Labute approximate surface area is 379 Å². The van der Waals surface area contributed by atoms with E-state index >= 15 is 9.59 Å². The van der Waals surface area contributed by atoms with Gasteiger partial charge in [-0.15, -0.1) is 0 Å². The molecule has 326 valence electrons. The van der Waals surface area contributed by atoms with Crippen LogP contribution in [0.2, 0.25) is 10.0 Å². The van der Waals surface area contributed by atoms with Crippen LogP contribution in [0.1, 0.15) is 41.0 Å². The summed E-state index contributed by atoms with van der Waals surface area (Å²) in [6.07, 6.45) is 5.97.